The van der Waals surface area contributed by atoms with Gasteiger partial charge in [0.05, 0.1) is 15.9 Å². The summed E-state index contributed by atoms with van der Waals surface area (Å²) in [5.74, 6) is -1.38. The number of nitrogens with zero attached hydrogens (tertiary/aromatic N) is 3. The highest BCUT2D eigenvalue weighted by atomic mass is 79.9. The number of carbonyl (C=O) groups is 1. The van der Waals surface area contributed by atoms with Crippen LogP contribution in [0.3, 0.4) is 0 Å². The first-order chi connectivity index (χ1) is 11.5. The standard InChI is InChI=1S/C15H8Br2FN3O2S/c16-6-9-10(15(22)23)12(7-2-1-3-8(18)11(7)17)21-13(20-9)14-19-4-5-24-14/h1-5H,6H2,(H,22,23). The normalized spacial score (nSPS) is 10.8. The number of rotatable bonds is 4. The van der Waals surface area contributed by atoms with E-state index in [1.165, 1.54) is 23.5 Å². The Morgan fingerprint density at radius 3 is 2.75 bits per heavy atom. The topological polar surface area (TPSA) is 76.0 Å². The van der Waals surface area contributed by atoms with Crippen LogP contribution in [0.15, 0.2) is 34.2 Å². The van der Waals surface area contributed by atoms with E-state index in [1.807, 2.05) is 0 Å². The van der Waals surface area contributed by atoms with Crippen LogP contribution < -0.4 is 0 Å². The predicted octanol–water partition coefficient (Wildman–Crippen LogP) is 4.76. The fourth-order valence-electron chi connectivity index (χ4n) is 2.14. The molecule has 0 radical (unpaired) electrons. The van der Waals surface area contributed by atoms with E-state index in [0.717, 1.165) is 0 Å². The lowest BCUT2D eigenvalue weighted by Crippen LogP contribution is -2.10. The minimum atomic E-state index is -1.18. The van der Waals surface area contributed by atoms with Crippen LogP contribution in [-0.2, 0) is 5.33 Å². The molecule has 0 amide bonds. The van der Waals surface area contributed by atoms with Gasteiger partial charge in [0, 0.05) is 22.5 Å². The van der Waals surface area contributed by atoms with E-state index in [9.17, 15) is 14.3 Å². The summed E-state index contributed by atoms with van der Waals surface area (Å²) in [6.45, 7) is 0. The van der Waals surface area contributed by atoms with Gasteiger partial charge in [-0.1, -0.05) is 28.1 Å². The molecule has 0 saturated carbocycles. The largest absolute Gasteiger partial charge is 0.478 e. The maximum Gasteiger partial charge on any atom is 0.339 e. The molecule has 2 aromatic heterocycles. The molecule has 0 aliphatic rings. The van der Waals surface area contributed by atoms with Crippen LogP contribution in [0.25, 0.3) is 22.1 Å². The van der Waals surface area contributed by atoms with Crippen molar-refractivity contribution in [2.24, 2.45) is 0 Å². The smallest absolute Gasteiger partial charge is 0.339 e. The summed E-state index contributed by atoms with van der Waals surface area (Å²) in [4.78, 5) is 24.6. The van der Waals surface area contributed by atoms with Gasteiger partial charge in [0.2, 0.25) is 0 Å². The average Bonchev–Trinajstić information content (AvgIpc) is 3.10. The van der Waals surface area contributed by atoms with Crippen LogP contribution in [0.2, 0.25) is 0 Å². The monoisotopic (exact) mass is 471 g/mol. The van der Waals surface area contributed by atoms with Gasteiger partial charge >= 0.3 is 5.97 Å². The number of carboxylic acid groups (broad SMARTS) is 1. The Labute approximate surface area is 156 Å². The summed E-state index contributed by atoms with van der Waals surface area (Å²) in [7, 11) is 0. The summed E-state index contributed by atoms with van der Waals surface area (Å²) >= 11 is 7.76. The SMILES string of the molecule is O=C(O)c1c(CBr)nc(-c2nccs2)nc1-c1cccc(F)c1Br. The Kier molecular flexibility index (Phi) is 5.02. The Balaban J connectivity index is 2.35. The number of hydrogen-bond donors (Lipinski definition) is 1. The predicted molar refractivity (Wildman–Crippen MR) is 95.8 cm³/mol. The highest BCUT2D eigenvalue weighted by Gasteiger charge is 2.24. The molecule has 0 spiro atoms. The second kappa shape index (κ2) is 7.04. The van der Waals surface area contributed by atoms with Crippen LogP contribution in [0, 0.1) is 5.82 Å². The molecule has 1 N–H and O–H groups in total. The molecule has 3 aromatic rings. The maximum atomic E-state index is 13.9. The number of thiazole rings is 1. The molecule has 0 atom stereocenters. The number of benzene rings is 1. The van der Waals surface area contributed by atoms with Gasteiger partial charge in [-0.25, -0.2) is 24.1 Å². The molecular weight excluding hydrogens is 465 g/mol. The second-order valence-corrected chi connectivity index (χ2v) is 6.84. The zero-order valence-electron chi connectivity index (χ0n) is 11.8. The summed E-state index contributed by atoms with van der Waals surface area (Å²) in [5.41, 5.74) is 0.714. The van der Waals surface area contributed by atoms with Crippen LogP contribution in [0.1, 0.15) is 16.1 Å². The molecule has 3 rings (SSSR count). The Morgan fingerprint density at radius 2 is 2.12 bits per heavy atom. The van der Waals surface area contributed by atoms with Crippen LogP contribution in [0.4, 0.5) is 4.39 Å². The molecule has 0 bridgehead atoms. The Morgan fingerprint density at radius 1 is 1.33 bits per heavy atom. The van der Waals surface area contributed by atoms with Crippen molar-refractivity contribution in [3.63, 3.8) is 0 Å². The van der Waals surface area contributed by atoms with Gasteiger partial charge in [-0.05, 0) is 22.0 Å². The zero-order valence-corrected chi connectivity index (χ0v) is 15.8. The molecule has 1 aromatic carbocycles. The van der Waals surface area contributed by atoms with Crippen molar-refractivity contribution in [3.05, 3.63) is 51.3 Å². The molecule has 0 fully saturated rings. The number of alkyl halides is 1. The van der Waals surface area contributed by atoms with E-state index in [-0.39, 0.29) is 21.1 Å². The molecule has 0 aliphatic carbocycles. The van der Waals surface area contributed by atoms with Crippen LogP contribution in [0.5, 0.6) is 0 Å². The lowest BCUT2D eigenvalue weighted by atomic mass is 10.0. The summed E-state index contributed by atoms with van der Waals surface area (Å²) in [6.07, 6.45) is 1.61. The summed E-state index contributed by atoms with van der Waals surface area (Å²) in [6, 6.07) is 4.38. The quantitative estimate of drug-likeness (QED) is 0.554. The molecule has 2 heterocycles. The van der Waals surface area contributed by atoms with Crippen LogP contribution >= 0.6 is 43.2 Å². The van der Waals surface area contributed by atoms with Gasteiger partial charge in [-0.15, -0.1) is 11.3 Å². The third kappa shape index (κ3) is 3.11. The van der Waals surface area contributed by atoms with Crippen molar-refractivity contribution < 1.29 is 14.3 Å². The van der Waals surface area contributed by atoms with E-state index in [4.69, 9.17) is 0 Å². The molecule has 0 saturated heterocycles. The third-order valence-corrected chi connectivity index (χ3v) is 5.26. The molecule has 9 heteroatoms. The number of aromatic nitrogens is 3. The van der Waals surface area contributed by atoms with Crippen molar-refractivity contribution in [2.75, 3.05) is 0 Å². The van der Waals surface area contributed by atoms with Crippen molar-refractivity contribution >= 4 is 49.2 Å². The Bertz CT molecular complexity index is 919. The van der Waals surface area contributed by atoms with E-state index in [1.54, 1.807) is 17.6 Å². The minimum absolute atomic E-state index is 0.0709. The lowest BCUT2D eigenvalue weighted by molar-refractivity contribution is 0.0696. The molecule has 0 unspecified atom stereocenters. The Hall–Kier alpha value is -1.71. The number of halogens is 3. The van der Waals surface area contributed by atoms with E-state index >= 15 is 0 Å². The first-order valence-electron chi connectivity index (χ1n) is 6.57. The van der Waals surface area contributed by atoms with E-state index in [2.05, 4.69) is 46.8 Å². The first-order valence-corrected chi connectivity index (χ1v) is 9.36. The summed E-state index contributed by atoms with van der Waals surface area (Å²) < 4.78 is 14.0. The second-order valence-electron chi connectivity index (χ2n) is 4.59. The lowest BCUT2D eigenvalue weighted by Gasteiger charge is -2.12. The fraction of sp³-hybridized carbons (Fsp3) is 0.0667. The zero-order chi connectivity index (χ0) is 17.3. The van der Waals surface area contributed by atoms with E-state index < -0.39 is 11.8 Å². The van der Waals surface area contributed by atoms with Crippen molar-refractivity contribution in [3.8, 4) is 22.1 Å². The van der Waals surface area contributed by atoms with Gasteiger partial charge in [-0.2, -0.15) is 0 Å². The van der Waals surface area contributed by atoms with Gasteiger partial charge in [0.25, 0.3) is 0 Å². The van der Waals surface area contributed by atoms with Gasteiger partial charge in [0.1, 0.15) is 11.4 Å². The van der Waals surface area contributed by atoms with Crippen molar-refractivity contribution in [1.29, 1.82) is 0 Å². The van der Waals surface area contributed by atoms with Gasteiger partial charge in [-0.3, -0.25) is 0 Å². The number of aromatic carboxylic acids is 1. The molecule has 24 heavy (non-hydrogen) atoms. The molecule has 122 valence electrons. The number of hydrogen-bond acceptors (Lipinski definition) is 5. The molecule has 0 aliphatic heterocycles. The number of carboxylic acids is 1. The van der Waals surface area contributed by atoms with Crippen molar-refractivity contribution in [2.45, 2.75) is 5.33 Å². The first kappa shape index (κ1) is 17.1. The van der Waals surface area contributed by atoms with Crippen molar-refractivity contribution in [1.82, 2.24) is 15.0 Å². The maximum absolute atomic E-state index is 13.9. The highest BCUT2D eigenvalue weighted by molar-refractivity contribution is 9.10. The average molecular weight is 473 g/mol. The fourth-order valence-corrected chi connectivity index (χ4v) is 3.57. The van der Waals surface area contributed by atoms with Crippen LogP contribution in [-0.4, -0.2) is 26.0 Å². The molecular formula is C15H8Br2FN3O2S. The minimum Gasteiger partial charge on any atom is -0.478 e. The third-order valence-electron chi connectivity index (χ3n) is 3.15. The molecule has 5 nitrogen and oxygen atoms in total. The summed E-state index contributed by atoms with van der Waals surface area (Å²) in [5, 5.41) is 12.1. The van der Waals surface area contributed by atoms with E-state index in [0.29, 0.717) is 22.1 Å². The highest BCUT2D eigenvalue weighted by Crippen LogP contribution is 2.34. The van der Waals surface area contributed by atoms with Gasteiger partial charge in [0.15, 0.2) is 10.8 Å². The van der Waals surface area contributed by atoms with Gasteiger partial charge < -0.3 is 5.11 Å².